The molecule has 0 radical (unpaired) electrons. The van der Waals surface area contributed by atoms with Crippen LogP contribution in [0.5, 0.6) is 5.75 Å². The second-order valence-corrected chi connectivity index (χ2v) is 6.96. The zero-order valence-electron chi connectivity index (χ0n) is 14.9. The second kappa shape index (κ2) is 7.20. The number of benzene rings is 1. The highest BCUT2D eigenvalue weighted by Crippen LogP contribution is 2.24. The van der Waals surface area contributed by atoms with Crippen molar-refractivity contribution in [2.75, 3.05) is 0 Å². The summed E-state index contributed by atoms with van der Waals surface area (Å²) < 4.78 is 7.88. The van der Waals surface area contributed by atoms with Crippen molar-refractivity contribution in [3.05, 3.63) is 66.1 Å². The van der Waals surface area contributed by atoms with Gasteiger partial charge in [-0.3, -0.25) is 9.20 Å². The first-order chi connectivity index (χ1) is 12.7. The van der Waals surface area contributed by atoms with Crippen LogP contribution in [-0.2, 0) is 0 Å². The molecule has 1 aliphatic carbocycles. The molecule has 2 heterocycles. The van der Waals surface area contributed by atoms with Crippen LogP contribution in [0.4, 0.5) is 0 Å². The molecule has 1 aliphatic rings. The number of pyridine rings is 1. The number of rotatable bonds is 4. The second-order valence-electron chi connectivity index (χ2n) is 6.96. The maximum atomic E-state index is 12.7. The summed E-state index contributed by atoms with van der Waals surface area (Å²) in [5.74, 6) is 0.858. The fourth-order valence-electron chi connectivity index (χ4n) is 3.53. The minimum Gasteiger partial charge on any atom is -0.490 e. The molecule has 1 saturated carbocycles. The molecule has 1 amide bonds. The van der Waals surface area contributed by atoms with E-state index in [2.05, 4.69) is 10.3 Å². The van der Waals surface area contributed by atoms with Gasteiger partial charge in [-0.2, -0.15) is 0 Å². The summed E-state index contributed by atoms with van der Waals surface area (Å²) in [5.41, 5.74) is 2.48. The van der Waals surface area contributed by atoms with Gasteiger partial charge in [0.1, 0.15) is 17.1 Å². The third-order valence-corrected chi connectivity index (χ3v) is 4.94. The van der Waals surface area contributed by atoms with Gasteiger partial charge in [-0.1, -0.05) is 24.3 Å². The van der Waals surface area contributed by atoms with Gasteiger partial charge in [0.15, 0.2) is 0 Å². The average molecular weight is 349 g/mol. The third-order valence-electron chi connectivity index (χ3n) is 4.94. The number of hydrogen-bond acceptors (Lipinski definition) is 3. The van der Waals surface area contributed by atoms with Crippen molar-refractivity contribution >= 4 is 11.6 Å². The maximum absolute atomic E-state index is 12.7. The third kappa shape index (κ3) is 3.57. The maximum Gasteiger partial charge on any atom is 0.270 e. The van der Waals surface area contributed by atoms with E-state index in [0.29, 0.717) is 5.69 Å². The SMILES string of the molecule is Cc1ccc2ncc(C(=O)NC3CCC(Oc4ccccc4)CC3)n2c1. The lowest BCUT2D eigenvalue weighted by molar-refractivity contribution is 0.0888. The number of para-hydroxylation sites is 1. The molecule has 1 fully saturated rings. The van der Waals surface area contributed by atoms with E-state index in [1.807, 2.05) is 60.0 Å². The number of fused-ring (bicyclic) bond motifs is 1. The van der Waals surface area contributed by atoms with Crippen LogP contribution in [0, 0.1) is 6.92 Å². The summed E-state index contributed by atoms with van der Waals surface area (Å²) in [5, 5.41) is 3.16. The molecule has 1 N–H and O–H groups in total. The van der Waals surface area contributed by atoms with Gasteiger partial charge in [-0.15, -0.1) is 0 Å². The molecular weight excluding hydrogens is 326 g/mol. The Balaban J connectivity index is 1.35. The largest absolute Gasteiger partial charge is 0.490 e. The Morgan fingerprint density at radius 3 is 2.65 bits per heavy atom. The van der Waals surface area contributed by atoms with E-state index < -0.39 is 0 Å². The number of nitrogens with zero attached hydrogens (tertiary/aromatic N) is 2. The van der Waals surface area contributed by atoms with E-state index in [1.54, 1.807) is 6.20 Å². The summed E-state index contributed by atoms with van der Waals surface area (Å²) in [6, 6.07) is 14.0. The lowest BCUT2D eigenvalue weighted by Crippen LogP contribution is -2.40. The first-order valence-corrected chi connectivity index (χ1v) is 9.15. The molecule has 0 saturated heterocycles. The predicted molar refractivity (Wildman–Crippen MR) is 101 cm³/mol. The quantitative estimate of drug-likeness (QED) is 0.780. The molecule has 2 aromatic heterocycles. The van der Waals surface area contributed by atoms with Crippen LogP contribution in [0.1, 0.15) is 41.7 Å². The van der Waals surface area contributed by atoms with E-state index in [0.717, 1.165) is 42.6 Å². The Morgan fingerprint density at radius 2 is 1.88 bits per heavy atom. The van der Waals surface area contributed by atoms with Gasteiger partial charge < -0.3 is 10.1 Å². The standard InChI is InChI=1S/C21H23N3O2/c1-15-7-12-20-22-13-19(24(20)14-15)21(25)23-16-8-10-18(11-9-16)26-17-5-3-2-4-6-17/h2-7,12-14,16,18H,8-11H2,1H3,(H,23,25). The number of aromatic nitrogens is 2. The Morgan fingerprint density at radius 1 is 1.12 bits per heavy atom. The molecule has 3 aromatic rings. The zero-order valence-corrected chi connectivity index (χ0v) is 14.9. The number of imidazole rings is 1. The van der Waals surface area contributed by atoms with Crippen molar-refractivity contribution in [2.45, 2.75) is 44.8 Å². The van der Waals surface area contributed by atoms with Gasteiger partial charge >= 0.3 is 0 Å². The Labute approximate surface area is 153 Å². The summed E-state index contributed by atoms with van der Waals surface area (Å²) in [7, 11) is 0. The van der Waals surface area contributed by atoms with Crippen LogP contribution >= 0.6 is 0 Å². The number of aryl methyl sites for hydroxylation is 1. The summed E-state index contributed by atoms with van der Waals surface area (Å²) in [4.78, 5) is 17.0. The molecule has 0 unspecified atom stereocenters. The van der Waals surface area contributed by atoms with Crippen LogP contribution in [0.25, 0.3) is 5.65 Å². The number of ether oxygens (including phenoxy) is 1. The van der Waals surface area contributed by atoms with Gasteiger partial charge in [0.05, 0.1) is 12.3 Å². The van der Waals surface area contributed by atoms with Crippen LogP contribution in [0.2, 0.25) is 0 Å². The van der Waals surface area contributed by atoms with Gasteiger partial charge in [0, 0.05) is 12.2 Å². The predicted octanol–water partition coefficient (Wildman–Crippen LogP) is 3.76. The monoisotopic (exact) mass is 349 g/mol. The van der Waals surface area contributed by atoms with E-state index in [1.165, 1.54) is 0 Å². The van der Waals surface area contributed by atoms with Crippen LogP contribution in [0.3, 0.4) is 0 Å². The van der Waals surface area contributed by atoms with Crippen molar-refractivity contribution in [1.29, 1.82) is 0 Å². The molecule has 26 heavy (non-hydrogen) atoms. The minimum absolute atomic E-state index is 0.0597. The van der Waals surface area contributed by atoms with Gasteiger partial charge in [-0.25, -0.2) is 4.98 Å². The first-order valence-electron chi connectivity index (χ1n) is 9.15. The topological polar surface area (TPSA) is 55.6 Å². The normalized spacial score (nSPS) is 20.0. The van der Waals surface area contributed by atoms with Gasteiger partial charge in [0.2, 0.25) is 0 Å². The highest BCUT2D eigenvalue weighted by Gasteiger charge is 2.24. The minimum atomic E-state index is -0.0597. The number of hydrogen-bond donors (Lipinski definition) is 1. The molecule has 0 aliphatic heterocycles. The Bertz CT molecular complexity index is 896. The lowest BCUT2D eigenvalue weighted by atomic mass is 9.93. The first kappa shape index (κ1) is 16.6. The summed E-state index contributed by atoms with van der Waals surface area (Å²) in [6.07, 6.45) is 7.58. The van der Waals surface area contributed by atoms with Crippen molar-refractivity contribution < 1.29 is 9.53 Å². The molecule has 0 atom stereocenters. The number of carbonyl (C=O) groups is 1. The number of nitrogens with one attached hydrogen (secondary N) is 1. The Kier molecular flexibility index (Phi) is 4.61. The zero-order chi connectivity index (χ0) is 17.9. The molecule has 1 aromatic carbocycles. The summed E-state index contributed by atoms with van der Waals surface area (Å²) in [6.45, 7) is 2.01. The highest BCUT2D eigenvalue weighted by atomic mass is 16.5. The number of carbonyl (C=O) groups excluding carboxylic acids is 1. The lowest BCUT2D eigenvalue weighted by Gasteiger charge is -2.29. The smallest absolute Gasteiger partial charge is 0.270 e. The number of amides is 1. The molecule has 4 rings (SSSR count). The van der Waals surface area contributed by atoms with Crippen molar-refractivity contribution in [1.82, 2.24) is 14.7 Å². The average Bonchev–Trinajstić information content (AvgIpc) is 3.07. The molecular formula is C21H23N3O2. The molecule has 134 valence electrons. The molecule has 5 nitrogen and oxygen atoms in total. The van der Waals surface area contributed by atoms with Crippen molar-refractivity contribution in [2.24, 2.45) is 0 Å². The highest BCUT2D eigenvalue weighted by molar-refractivity contribution is 5.93. The molecule has 0 bridgehead atoms. The summed E-state index contributed by atoms with van der Waals surface area (Å²) >= 11 is 0. The van der Waals surface area contributed by atoms with E-state index in [-0.39, 0.29) is 18.1 Å². The van der Waals surface area contributed by atoms with Crippen molar-refractivity contribution in [3.63, 3.8) is 0 Å². The molecule has 5 heteroatoms. The molecule has 0 spiro atoms. The van der Waals surface area contributed by atoms with Gasteiger partial charge in [-0.05, 0) is 56.4 Å². The van der Waals surface area contributed by atoms with E-state index in [4.69, 9.17) is 4.74 Å². The van der Waals surface area contributed by atoms with Crippen LogP contribution < -0.4 is 10.1 Å². The van der Waals surface area contributed by atoms with Gasteiger partial charge in [0.25, 0.3) is 5.91 Å². The van der Waals surface area contributed by atoms with Crippen LogP contribution in [0.15, 0.2) is 54.9 Å². The Hall–Kier alpha value is -2.82. The fourth-order valence-corrected chi connectivity index (χ4v) is 3.53. The van der Waals surface area contributed by atoms with E-state index in [9.17, 15) is 4.79 Å². The fraction of sp³-hybridized carbons (Fsp3) is 0.333. The van der Waals surface area contributed by atoms with Crippen molar-refractivity contribution in [3.8, 4) is 5.75 Å². The van der Waals surface area contributed by atoms with Crippen LogP contribution in [-0.4, -0.2) is 27.4 Å². The van der Waals surface area contributed by atoms with E-state index >= 15 is 0 Å².